The van der Waals surface area contributed by atoms with E-state index in [0.29, 0.717) is 18.9 Å². The third kappa shape index (κ3) is 5.26. The number of benzene rings is 2. The van der Waals surface area contributed by atoms with Gasteiger partial charge in [0.25, 0.3) is 0 Å². The van der Waals surface area contributed by atoms with E-state index < -0.39 is 0 Å². The first-order valence-electron chi connectivity index (χ1n) is 9.65. The predicted molar refractivity (Wildman–Crippen MR) is 114 cm³/mol. The zero-order chi connectivity index (χ0) is 20.8. The number of nitrogens with one attached hydrogen (secondary N) is 1. The van der Waals surface area contributed by atoms with E-state index in [-0.39, 0.29) is 11.9 Å². The highest BCUT2D eigenvalue weighted by molar-refractivity contribution is 5.95. The van der Waals surface area contributed by atoms with Crippen LogP contribution in [0, 0.1) is 20.8 Å². The van der Waals surface area contributed by atoms with Crippen molar-refractivity contribution >= 4 is 11.6 Å². The van der Waals surface area contributed by atoms with Gasteiger partial charge in [0, 0.05) is 12.2 Å². The van der Waals surface area contributed by atoms with Gasteiger partial charge < -0.3 is 14.8 Å². The molecular weight excluding hydrogens is 352 g/mol. The molecule has 0 heterocycles. The Morgan fingerprint density at radius 2 is 1.75 bits per heavy atom. The summed E-state index contributed by atoms with van der Waals surface area (Å²) in [5, 5.41) is 3.10. The maximum absolute atomic E-state index is 12.8. The number of ether oxygens (including phenoxy) is 2. The molecule has 1 N–H and O–H groups in total. The van der Waals surface area contributed by atoms with E-state index in [0.717, 1.165) is 28.1 Å². The molecule has 0 bridgehead atoms. The molecule has 0 aromatic heterocycles. The SMILES string of the molecule is CCOc1ccc(CN(C)[C@H](C)C(=O)Nc2c(C)cc(C)cc2C)cc1OC. The van der Waals surface area contributed by atoms with Crippen molar-refractivity contribution in [2.45, 2.75) is 47.2 Å². The highest BCUT2D eigenvalue weighted by Crippen LogP contribution is 2.29. The van der Waals surface area contributed by atoms with Crippen LogP contribution in [0.25, 0.3) is 0 Å². The number of hydrogen-bond donors (Lipinski definition) is 1. The summed E-state index contributed by atoms with van der Waals surface area (Å²) in [5.74, 6) is 1.42. The maximum Gasteiger partial charge on any atom is 0.241 e. The maximum atomic E-state index is 12.8. The van der Waals surface area contributed by atoms with Gasteiger partial charge in [0.05, 0.1) is 19.8 Å². The van der Waals surface area contributed by atoms with E-state index in [9.17, 15) is 4.79 Å². The molecule has 0 fully saturated rings. The molecule has 2 aromatic rings. The molecule has 1 atom stereocenters. The van der Waals surface area contributed by atoms with E-state index in [1.165, 1.54) is 5.56 Å². The summed E-state index contributed by atoms with van der Waals surface area (Å²) < 4.78 is 11.0. The molecule has 5 heteroatoms. The topological polar surface area (TPSA) is 50.8 Å². The molecule has 2 aromatic carbocycles. The molecule has 5 nitrogen and oxygen atoms in total. The summed E-state index contributed by atoms with van der Waals surface area (Å²) in [6.45, 7) is 11.2. The molecule has 0 aliphatic carbocycles. The fraction of sp³-hybridized carbons (Fsp3) is 0.435. The number of aryl methyl sites for hydroxylation is 3. The van der Waals surface area contributed by atoms with Crippen molar-refractivity contribution < 1.29 is 14.3 Å². The molecule has 0 saturated carbocycles. The van der Waals surface area contributed by atoms with Crippen molar-refractivity contribution in [3.63, 3.8) is 0 Å². The number of rotatable bonds is 8. The Kier molecular flexibility index (Phi) is 7.46. The van der Waals surface area contributed by atoms with E-state index >= 15 is 0 Å². The van der Waals surface area contributed by atoms with Crippen LogP contribution in [0.1, 0.15) is 36.1 Å². The zero-order valence-corrected chi connectivity index (χ0v) is 18.1. The van der Waals surface area contributed by atoms with E-state index in [1.807, 2.05) is 57.8 Å². The first-order chi connectivity index (χ1) is 13.3. The summed E-state index contributed by atoms with van der Waals surface area (Å²) in [6.07, 6.45) is 0. The van der Waals surface area contributed by atoms with Gasteiger partial charge in [-0.2, -0.15) is 0 Å². The molecule has 0 radical (unpaired) electrons. The lowest BCUT2D eigenvalue weighted by Gasteiger charge is -2.25. The van der Waals surface area contributed by atoms with E-state index in [2.05, 4.69) is 24.4 Å². The minimum absolute atomic E-state index is 0.0181. The molecular formula is C23H32N2O3. The largest absolute Gasteiger partial charge is 0.493 e. The average Bonchev–Trinajstić information content (AvgIpc) is 2.65. The monoisotopic (exact) mass is 384 g/mol. The summed E-state index contributed by atoms with van der Waals surface area (Å²) in [5.41, 5.74) is 5.32. The molecule has 0 spiro atoms. The third-order valence-electron chi connectivity index (χ3n) is 4.93. The Morgan fingerprint density at radius 1 is 1.11 bits per heavy atom. The van der Waals surface area contributed by atoms with Gasteiger partial charge in [-0.25, -0.2) is 0 Å². The van der Waals surface area contributed by atoms with Gasteiger partial charge in [0.1, 0.15) is 0 Å². The summed E-state index contributed by atoms with van der Waals surface area (Å²) in [4.78, 5) is 14.8. The summed E-state index contributed by atoms with van der Waals surface area (Å²) in [6, 6.07) is 9.77. The summed E-state index contributed by atoms with van der Waals surface area (Å²) >= 11 is 0. The Hall–Kier alpha value is -2.53. The van der Waals surface area contributed by atoms with Gasteiger partial charge >= 0.3 is 0 Å². The van der Waals surface area contributed by atoms with Crippen molar-refractivity contribution in [1.29, 1.82) is 0 Å². The molecule has 0 saturated heterocycles. The van der Waals surface area contributed by atoms with Gasteiger partial charge in [0.2, 0.25) is 5.91 Å². The lowest BCUT2D eigenvalue weighted by molar-refractivity contribution is -0.120. The summed E-state index contributed by atoms with van der Waals surface area (Å²) in [7, 11) is 3.58. The number of carbonyl (C=O) groups excluding carboxylic acids is 1. The number of hydrogen-bond acceptors (Lipinski definition) is 4. The molecule has 0 aliphatic heterocycles. The number of amides is 1. The standard InChI is InChI=1S/C23H32N2O3/c1-8-28-20-10-9-19(13-21(20)27-7)14-25(6)18(5)23(26)24-22-16(3)11-15(2)12-17(22)4/h9-13,18H,8,14H2,1-7H3,(H,24,26)/t18-/m1/s1. The van der Waals surface area contributed by atoms with Crippen LogP contribution < -0.4 is 14.8 Å². The van der Waals surface area contributed by atoms with Gasteiger partial charge in [-0.15, -0.1) is 0 Å². The number of likely N-dealkylation sites (N-methyl/N-ethyl adjacent to an activating group) is 1. The van der Waals surface area contributed by atoms with Gasteiger partial charge in [0.15, 0.2) is 11.5 Å². The average molecular weight is 385 g/mol. The van der Waals surface area contributed by atoms with Crippen molar-refractivity contribution in [2.75, 3.05) is 26.1 Å². The van der Waals surface area contributed by atoms with Crippen LogP contribution in [-0.2, 0) is 11.3 Å². The van der Waals surface area contributed by atoms with Crippen LogP contribution >= 0.6 is 0 Å². The zero-order valence-electron chi connectivity index (χ0n) is 18.1. The van der Waals surface area contributed by atoms with Crippen LogP contribution in [-0.4, -0.2) is 37.6 Å². The molecule has 0 aliphatic rings. The highest BCUT2D eigenvalue weighted by Gasteiger charge is 2.20. The van der Waals surface area contributed by atoms with Crippen molar-refractivity contribution in [3.05, 3.63) is 52.6 Å². The molecule has 0 unspecified atom stereocenters. The number of carbonyl (C=O) groups is 1. The van der Waals surface area contributed by atoms with Crippen LogP contribution in [0.2, 0.25) is 0 Å². The smallest absolute Gasteiger partial charge is 0.241 e. The highest BCUT2D eigenvalue weighted by atomic mass is 16.5. The van der Waals surface area contributed by atoms with Crippen LogP contribution in [0.3, 0.4) is 0 Å². The van der Waals surface area contributed by atoms with E-state index in [1.54, 1.807) is 7.11 Å². The minimum Gasteiger partial charge on any atom is -0.493 e. The second-order valence-electron chi connectivity index (χ2n) is 7.27. The Labute approximate surface area is 168 Å². The molecule has 1 amide bonds. The van der Waals surface area contributed by atoms with Gasteiger partial charge in [-0.3, -0.25) is 9.69 Å². The lowest BCUT2D eigenvalue weighted by Crippen LogP contribution is -2.39. The van der Waals surface area contributed by atoms with Crippen molar-refractivity contribution in [1.82, 2.24) is 4.90 Å². The number of anilines is 1. The van der Waals surface area contributed by atoms with Crippen molar-refractivity contribution in [2.24, 2.45) is 0 Å². The number of methoxy groups -OCH3 is 1. The Morgan fingerprint density at radius 3 is 2.32 bits per heavy atom. The Bertz CT molecular complexity index is 810. The fourth-order valence-corrected chi connectivity index (χ4v) is 3.32. The Balaban J connectivity index is 2.08. The van der Waals surface area contributed by atoms with Crippen LogP contribution in [0.5, 0.6) is 11.5 Å². The predicted octanol–water partition coefficient (Wildman–Crippen LogP) is 4.48. The quantitative estimate of drug-likeness (QED) is 0.729. The van der Waals surface area contributed by atoms with Gasteiger partial charge in [-0.1, -0.05) is 23.8 Å². The third-order valence-corrected chi connectivity index (χ3v) is 4.93. The molecule has 28 heavy (non-hydrogen) atoms. The molecule has 2 rings (SSSR count). The van der Waals surface area contributed by atoms with Crippen LogP contribution in [0.15, 0.2) is 30.3 Å². The molecule has 152 valence electrons. The first kappa shape index (κ1) is 21.8. The second kappa shape index (κ2) is 9.60. The first-order valence-corrected chi connectivity index (χ1v) is 9.65. The fourth-order valence-electron chi connectivity index (χ4n) is 3.32. The van der Waals surface area contributed by atoms with Crippen molar-refractivity contribution in [3.8, 4) is 11.5 Å². The van der Waals surface area contributed by atoms with Crippen LogP contribution in [0.4, 0.5) is 5.69 Å². The normalized spacial score (nSPS) is 12.0. The van der Waals surface area contributed by atoms with Gasteiger partial charge in [-0.05, 0) is 70.5 Å². The second-order valence-corrected chi connectivity index (χ2v) is 7.27. The van der Waals surface area contributed by atoms with E-state index in [4.69, 9.17) is 9.47 Å². The number of nitrogens with zero attached hydrogens (tertiary/aromatic N) is 1. The lowest BCUT2D eigenvalue weighted by atomic mass is 10.0. The minimum atomic E-state index is -0.280.